The van der Waals surface area contributed by atoms with E-state index in [2.05, 4.69) is 23.0 Å². The smallest absolute Gasteiger partial charge is 0.234 e. The first kappa shape index (κ1) is 14.8. The average Bonchev–Trinajstić information content (AvgIpc) is 2.56. The Morgan fingerprint density at radius 2 is 2.05 bits per heavy atom. The molecule has 3 rings (SSSR count). The van der Waals surface area contributed by atoms with Gasteiger partial charge in [-0.1, -0.05) is 11.6 Å². The number of nitrogens with zero attached hydrogens (tertiary/aromatic N) is 3. The Labute approximate surface area is 131 Å². The first-order valence-electron chi connectivity index (χ1n) is 7.55. The summed E-state index contributed by atoms with van der Waals surface area (Å²) in [6, 6.07) is 2.11. The topological polar surface area (TPSA) is 36.4 Å². The lowest BCUT2D eigenvalue weighted by molar-refractivity contribution is -0.139. The summed E-state index contributed by atoms with van der Waals surface area (Å²) < 4.78 is 0. The van der Waals surface area contributed by atoms with Gasteiger partial charge in [0, 0.05) is 20.1 Å². The number of halogens is 1. The van der Waals surface area contributed by atoms with E-state index in [1.807, 2.05) is 18.9 Å². The lowest BCUT2D eigenvalue weighted by Gasteiger charge is -2.40. The summed E-state index contributed by atoms with van der Waals surface area (Å²) in [4.78, 5) is 21.7. The van der Waals surface area contributed by atoms with Crippen LogP contribution in [-0.2, 0) is 16.8 Å². The number of fused-ring (bicyclic) bond motifs is 2. The van der Waals surface area contributed by atoms with Crippen molar-refractivity contribution < 1.29 is 4.79 Å². The van der Waals surface area contributed by atoms with Crippen LogP contribution in [0, 0.1) is 6.92 Å². The molecule has 1 amide bonds. The van der Waals surface area contributed by atoms with Gasteiger partial charge in [-0.3, -0.25) is 4.79 Å². The zero-order valence-corrected chi connectivity index (χ0v) is 13.7. The van der Waals surface area contributed by atoms with E-state index in [0.29, 0.717) is 5.15 Å². The molecule has 1 aromatic rings. The molecule has 2 aliphatic heterocycles. The SMILES string of the molecule is Cc1cc2c(nc1Cl)[C@@]1(CCCN(C)C1=O)CCN(C)C2. The number of rotatable bonds is 0. The van der Waals surface area contributed by atoms with E-state index in [4.69, 9.17) is 11.6 Å². The molecule has 2 aliphatic rings. The van der Waals surface area contributed by atoms with Gasteiger partial charge in [0.15, 0.2) is 0 Å². The summed E-state index contributed by atoms with van der Waals surface area (Å²) >= 11 is 6.27. The monoisotopic (exact) mass is 307 g/mol. The van der Waals surface area contributed by atoms with Crippen LogP contribution in [0.2, 0.25) is 5.15 Å². The number of likely N-dealkylation sites (N-methyl/N-ethyl adjacent to an activating group) is 1. The van der Waals surface area contributed by atoms with Crippen molar-refractivity contribution in [3.8, 4) is 0 Å². The van der Waals surface area contributed by atoms with Gasteiger partial charge in [0.25, 0.3) is 0 Å². The van der Waals surface area contributed by atoms with E-state index in [-0.39, 0.29) is 5.91 Å². The molecule has 1 saturated heterocycles. The number of amides is 1. The normalized spacial score (nSPS) is 26.9. The number of likely N-dealkylation sites (tertiary alicyclic amines) is 1. The van der Waals surface area contributed by atoms with Crippen LogP contribution in [0.1, 0.15) is 36.1 Å². The number of hydrogen-bond donors (Lipinski definition) is 0. The molecule has 1 aromatic heterocycles. The van der Waals surface area contributed by atoms with E-state index in [0.717, 1.165) is 55.7 Å². The van der Waals surface area contributed by atoms with Gasteiger partial charge in [-0.15, -0.1) is 0 Å². The van der Waals surface area contributed by atoms with Crippen LogP contribution in [0.4, 0.5) is 0 Å². The van der Waals surface area contributed by atoms with Gasteiger partial charge < -0.3 is 9.80 Å². The van der Waals surface area contributed by atoms with Crippen molar-refractivity contribution in [3.05, 3.63) is 28.0 Å². The van der Waals surface area contributed by atoms with Crippen molar-refractivity contribution in [2.24, 2.45) is 0 Å². The lowest BCUT2D eigenvalue weighted by Crippen LogP contribution is -2.51. The number of carbonyl (C=O) groups is 1. The number of pyridine rings is 1. The standard InChI is InChI=1S/C16H22ClN3O/c1-11-9-12-10-19(2)8-6-16(13(12)18-14(11)17)5-4-7-20(3)15(16)21/h9H,4-8,10H2,1-3H3/t16-/m1/s1. The maximum Gasteiger partial charge on any atom is 0.234 e. The Morgan fingerprint density at radius 1 is 1.29 bits per heavy atom. The van der Waals surface area contributed by atoms with Crippen LogP contribution in [0.3, 0.4) is 0 Å². The molecule has 0 N–H and O–H groups in total. The van der Waals surface area contributed by atoms with E-state index in [1.54, 1.807) is 0 Å². The third-order valence-corrected chi connectivity index (χ3v) is 5.28. The average molecular weight is 308 g/mol. The highest BCUT2D eigenvalue weighted by Crippen LogP contribution is 2.41. The number of carbonyl (C=O) groups excluding carboxylic acids is 1. The van der Waals surface area contributed by atoms with Crippen molar-refractivity contribution in [1.82, 2.24) is 14.8 Å². The van der Waals surface area contributed by atoms with Crippen LogP contribution in [0.5, 0.6) is 0 Å². The first-order valence-corrected chi connectivity index (χ1v) is 7.92. The summed E-state index contributed by atoms with van der Waals surface area (Å²) in [5.41, 5.74) is 2.57. The van der Waals surface area contributed by atoms with Gasteiger partial charge in [-0.05, 0) is 57.0 Å². The molecule has 4 nitrogen and oxygen atoms in total. The highest BCUT2D eigenvalue weighted by atomic mass is 35.5. The molecule has 0 saturated carbocycles. The summed E-state index contributed by atoms with van der Waals surface area (Å²) in [5, 5.41) is 0.527. The number of hydrogen-bond acceptors (Lipinski definition) is 3. The fraction of sp³-hybridized carbons (Fsp3) is 0.625. The second-order valence-electron chi connectivity index (χ2n) is 6.50. The Balaban J connectivity index is 2.19. The summed E-state index contributed by atoms with van der Waals surface area (Å²) in [6.07, 6.45) is 2.73. The third kappa shape index (κ3) is 2.34. The van der Waals surface area contributed by atoms with Gasteiger partial charge in [0.1, 0.15) is 5.15 Å². The molecule has 1 atom stereocenters. The van der Waals surface area contributed by atoms with Crippen molar-refractivity contribution in [3.63, 3.8) is 0 Å². The molecule has 0 unspecified atom stereocenters. The molecule has 114 valence electrons. The Hall–Kier alpha value is -1.13. The highest BCUT2D eigenvalue weighted by molar-refractivity contribution is 6.30. The van der Waals surface area contributed by atoms with Gasteiger partial charge in [0.05, 0.1) is 11.1 Å². The summed E-state index contributed by atoms with van der Waals surface area (Å²) in [7, 11) is 4.00. The van der Waals surface area contributed by atoms with Crippen LogP contribution in [-0.4, -0.2) is 47.9 Å². The molecule has 0 bridgehead atoms. The quantitative estimate of drug-likeness (QED) is 0.691. The zero-order chi connectivity index (χ0) is 15.2. The Morgan fingerprint density at radius 3 is 2.81 bits per heavy atom. The van der Waals surface area contributed by atoms with Crippen LogP contribution in [0.25, 0.3) is 0 Å². The molecule has 0 aromatic carbocycles. The number of piperidine rings is 1. The predicted molar refractivity (Wildman–Crippen MR) is 83.5 cm³/mol. The second kappa shape index (κ2) is 5.25. The van der Waals surface area contributed by atoms with E-state index < -0.39 is 5.41 Å². The minimum absolute atomic E-state index is 0.206. The molecule has 0 aliphatic carbocycles. The second-order valence-corrected chi connectivity index (χ2v) is 6.86. The maximum absolute atomic E-state index is 12.9. The minimum atomic E-state index is -0.482. The Kier molecular flexibility index (Phi) is 3.70. The minimum Gasteiger partial charge on any atom is -0.345 e. The van der Waals surface area contributed by atoms with Gasteiger partial charge in [-0.25, -0.2) is 4.98 Å². The molecule has 21 heavy (non-hydrogen) atoms. The van der Waals surface area contributed by atoms with E-state index >= 15 is 0 Å². The largest absolute Gasteiger partial charge is 0.345 e. The molecule has 1 spiro atoms. The van der Waals surface area contributed by atoms with Crippen molar-refractivity contribution >= 4 is 17.5 Å². The van der Waals surface area contributed by atoms with Crippen molar-refractivity contribution in [1.29, 1.82) is 0 Å². The zero-order valence-electron chi connectivity index (χ0n) is 12.9. The maximum atomic E-state index is 12.9. The van der Waals surface area contributed by atoms with Crippen LogP contribution >= 0.6 is 11.6 Å². The Bertz CT molecular complexity index is 589. The molecule has 3 heterocycles. The highest BCUT2D eigenvalue weighted by Gasteiger charge is 2.47. The molecule has 5 heteroatoms. The fourth-order valence-corrected chi connectivity index (χ4v) is 3.83. The third-order valence-electron chi connectivity index (χ3n) is 4.90. The van der Waals surface area contributed by atoms with Gasteiger partial charge >= 0.3 is 0 Å². The van der Waals surface area contributed by atoms with Crippen molar-refractivity contribution in [2.75, 3.05) is 27.2 Å². The van der Waals surface area contributed by atoms with Gasteiger partial charge in [-0.2, -0.15) is 0 Å². The number of aromatic nitrogens is 1. The fourth-order valence-electron chi connectivity index (χ4n) is 3.70. The number of aryl methyl sites for hydroxylation is 1. The predicted octanol–water partition coefficient (Wildman–Crippen LogP) is 2.37. The van der Waals surface area contributed by atoms with Crippen LogP contribution in [0.15, 0.2) is 6.07 Å². The van der Waals surface area contributed by atoms with Gasteiger partial charge in [0.2, 0.25) is 5.91 Å². The summed E-state index contributed by atoms with van der Waals surface area (Å²) in [6.45, 7) is 4.55. The molecular formula is C16H22ClN3O. The van der Waals surface area contributed by atoms with Crippen LogP contribution < -0.4 is 0 Å². The van der Waals surface area contributed by atoms with E-state index in [1.165, 1.54) is 0 Å². The molecular weight excluding hydrogens is 286 g/mol. The van der Waals surface area contributed by atoms with Crippen molar-refractivity contribution in [2.45, 2.75) is 38.1 Å². The molecule has 1 fully saturated rings. The molecule has 0 radical (unpaired) electrons. The first-order chi connectivity index (χ1) is 9.94. The summed E-state index contributed by atoms with van der Waals surface area (Å²) in [5.74, 6) is 0.206. The van der Waals surface area contributed by atoms with E-state index in [9.17, 15) is 4.79 Å². The lowest BCUT2D eigenvalue weighted by atomic mass is 9.72.